The normalized spacial score (nSPS) is 11.1. The van der Waals surface area contributed by atoms with Gasteiger partial charge in [0.1, 0.15) is 23.2 Å². The molecule has 0 saturated heterocycles. The van der Waals surface area contributed by atoms with Crippen LogP contribution in [0.25, 0.3) is 0 Å². The number of carbonyl (C=O) groups is 1. The highest BCUT2D eigenvalue weighted by Gasteiger charge is 2.30. The lowest BCUT2D eigenvalue weighted by atomic mass is 10.1. The first kappa shape index (κ1) is 21.8. The largest absolute Gasteiger partial charge is 0.573 e. The van der Waals surface area contributed by atoms with E-state index in [0.717, 1.165) is 30.3 Å². The van der Waals surface area contributed by atoms with Crippen molar-refractivity contribution in [2.75, 3.05) is 10.6 Å². The number of nitrogens with two attached hydrogens (primary N) is 1. The number of benzene rings is 2. The van der Waals surface area contributed by atoms with Crippen molar-refractivity contribution in [3.63, 3.8) is 0 Å². The van der Waals surface area contributed by atoms with Gasteiger partial charge in [0.2, 0.25) is 0 Å². The van der Waals surface area contributed by atoms with Crippen LogP contribution in [0.4, 0.5) is 39.1 Å². The highest BCUT2D eigenvalue weighted by Crippen LogP contribution is 2.26. The van der Waals surface area contributed by atoms with Crippen LogP contribution in [0, 0.1) is 11.6 Å². The third-order valence-corrected chi connectivity index (χ3v) is 3.94. The number of rotatable bonds is 7. The molecule has 0 spiro atoms. The van der Waals surface area contributed by atoms with Gasteiger partial charge in [-0.05, 0) is 42.0 Å². The van der Waals surface area contributed by atoms with Crippen molar-refractivity contribution in [1.29, 1.82) is 0 Å². The molecule has 1 amide bonds. The first-order valence-electron chi connectivity index (χ1n) is 8.70. The maximum atomic E-state index is 13.4. The molecule has 0 atom stereocenters. The summed E-state index contributed by atoms with van der Waals surface area (Å²) < 4.78 is 67.2. The fourth-order valence-electron chi connectivity index (χ4n) is 2.66. The second kappa shape index (κ2) is 8.86. The number of hydrogen-bond donors (Lipinski definition) is 3. The van der Waals surface area contributed by atoms with Gasteiger partial charge in [0.05, 0.1) is 11.3 Å². The molecule has 1 aromatic heterocycles. The average molecular weight is 438 g/mol. The van der Waals surface area contributed by atoms with Crippen LogP contribution >= 0.6 is 0 Å². The number of hydrogen-bond acceptors (Lipinski definition) is 5. The molecule has 11 heteroatoms. The lowest BCUT2D eigenvalue weighted by molar-refractivity contribution is -0.274. The zero-order valence-corrected chi connectivity index (χ0v) is 15.6. The van der Waals surface area contributed by atoms with Gasteiger partial charge in [0.15, 0.2) is 0 Å². The fraction of sp³-hybridized carbons (Fsp3) is 0.100. The van der Waals surface area contributed by atoms with Crippen molar-refractivity contribution < 1.29 is 31.5 Å². The topological polar surface area (TPSA) is 89.3 Å². The summed E-state index contributed by atoms with van der Waals surface area (Å²) in [4.78, 5) is 15.7. The molecule has 0 fully saturated rings. The summed E-state index contributed by atoms with van der Waals surface area (Å²) in [5, 5.41) is 5.72. The maximum Gasteiger partial charge on any atom is 0.573 e. The van der Waals surface area contributed by atoms with Crippen molar-refractivity contribution in [3.8, 4) is 5.75 Å². The van der Waals surface area contributed by atoms with Crippen LogP contribution < -0.4 is 21.1 Å². The van der Waals surface area contributed by atoms with E-state index in [2.05, 4.69) is 20.4 Å². The first-order chi connectivity index (χ1) is 14.6. The molecule has 31 heavy (non-hydrogen) atoms. The van der Waals surface area contributed by atoms with Crippen molar-refractivity contribution in [3.05, 3.63) is 77.5 Å². The highest BCUT2D eigenvalue weighted by molar-refractivity contribution is 5.98. The number of nitrogens with zero attached hydrogens (tertiary/aromatic N) is 1. The summed E-state index contributed by atoms with van der Waals surface area (Å²) in [6.45, 7) is -0.0120. The Hall–Kier alpha value is -3.89. The van der Waals surface area contributed by atoms with E-state index in [4.69, 9.17) is 5.73 Å². The minimum Gasteiger partial charge on any atom is -0.406 e. The Morgan fingerprint density at radius 2 is 1.68 bits per heavy atom. The number of pyridine rings is 1. The zero-order valence-electron chi connectivity index (χ0n) is 15.6. The molecule has 1 heterocycles. The number of amides is 1. The predicted molar refractivity (Wildman–Crippen MR) is 103 cm³/mol. The Balaban J connectivity index is 1.77. The van der Waals surface area contributed by atoms with Crippen LogP contribution in [0.3, 0.4) is 0 Å². The molecule has 3 aromatic rings. The van der Waals surface area contributed by atoms with Crippen LogP contribution in [0.5, 0.6) is 5.75 Å². The zero-order chi connectivity index (χ0) is 22.6. The van der Waals surface area contributed by atoms with E-state index in [-0.39, 0.29) is 29.4 Å². The molecule has 0 aliphatic carbocycles. The van der Waals surface area contributed by atoms with Gasteiger partial charge in [-0.2, -0.15) is 0 Å². The molecule has 0 unspecified atom stereocenters. The van der Waals surface area contributed by atoms with E-state index in [9.17, 15) is 26.7 Å². The summed E-state index contributed by atoms with van der Waals surface area (Å²) in [5.41, 5.74) is 6.30. The molecule has 2 aromatic carbocycles. The number of ether oxygens (including phenoxy) is 1. The molecule has 3 rings (SSSR count). The van der Waals surface area contributed by atoms with Gasteiger partial charge in [0, 0.05) is 30.6 Å². The van der Waals surface area contributed by atoms with Gasteiger partial charge in [0.25, 0.3) is 5.91 Å². The fourth-order valence-corrected chi connectivity index (χ4v) is 2.66. The van der Waals surface area contributed by atoms with E-state index in [1.165, 1.54) is 24.4 Å². The number of primary amides is 1. The Morgan fingerprint density at radius 3 is 2.26 bits per heavy atom. The lowest BCUT2D eigenvalue weighted by Gasteiger charge is -2.13. The molecular weight excluding hydrogens is 423 g/mol. The molecule has 162 valence electrons. The Labute approximate surface area is 172 Å². The first-order valence-corrected chi connectivity index (χ1v) is 8.70. The molecule has 6 nitrogen and oxygen atoms in total. The van der Waals surface area contributed by atoms with Gasteiger partial charge in [-0.15, -0.1) is 13.2 Å². The number of anilines is 3. The predicted octanol–water partition coefficient (Wildman–Crippen LogP) is 4.71. The summed E-state index contributed by atoms with van der Waals surface area (Å²) in [7, 11) is 0. The van der Waals surface area contributed by atoms with E-state index in [0.29, 0.717) is 11.3 Å². The Morgan fingerprint density at radius 1 is 1.03 bits per heavy atom. The summed E-state index contributed by atoms with van der Waals surface area (Å²) in [6.07, 6.45) is -3.60. The van der Waals surface area contributed by atoms with Gasteiger partial charge in [-0.1, -0.05) is 0 Å². The van der Waals surface area contributed by atoms with Crippen LogP contribution in [0.1, 0.15) is 15.9 Å². The number of aromatic nitrogens is 1. The van der Waals surface area contributed by atoms with Crippen LogP contribution in [0.2, 0.25) is 0 Å². The molecule has 0 bridgehead atoms. The van der Waals surface area contributed by atoms with Crippen molar-refractivity contribution in [1.82, 2.24) is 4.98 Å². The number of alkyl halides is 3. The maximum absolute atomic E-state index is 13.4. The second-order valence-electron chi connectivity index (χ2n) is 6.31. The standard InChI is InChI=1S/C20H15F5N4O2/c21-12-5-11(6-13(22)7-12)9-27-17-8-18(28-10-16(17)19(26)30)29-14-1-3-15(4-2-14)31-20(23,24)25/h1-8,10H,9H2,(H2,26,30)(H2,27,28,29). The van der Waals surface area contributed by atoms with Crippen molar-refractivity contribution >= 4 is 23.1 Å². The molecular formula is C20H15F5N4O2. The van der Waals surface area contributed by atoms with Gasteiger partial charge < -0.3 is 21.1 Å². The smallest absolute Gasteiger partial charge is 0.406 e. The lowest BCUT2D eigenvalue weighted by Crippen LogP contribution is -2.17. The van der Waals surface area contributed by atoms with E-state index in [1.807, 2.05) is 0 Å². The third kappa shape index (κ3) is 6.29. The number of nitrogens with one attached hydrogen (secondary N) is 2. The minimum absolute atomic E-state index is 0.0120. The summed E-state index contributed by atoms with van der Waals surface area (Å²) in [6, 6.07) is 9.33. The van der Waals surface area contributed by atoms with Gasteiger partial charge >= 0.3 is 6.36 Å². The van der Waals surface area contributed by atoms with Gasteiger partial charge in [-0.3, -0.25) is 4.79 Å². The number of halogens is 5. The second-order valence-corrected chi connectivity index (χ2v) is 6.31. The highest BCUT2D eigenvalue weighted by atomic mass is 19.4. The van der Waals surface area contributed by atoms with E-state index >= 15 is 0 Å². The van der Waals surface area contributed by atoms with Crippen molar-refractivity contribution in [2.24, 2.45) is 5.73 Å². The summed E-state index contributed by atoms with van der Waals surface area (Å²) >= 11 is 0. The Kier molecular flexibility index (Phi) is 6.23. The molecule has 0 saturated carbocycles. The SMILES string of the molecule is NC(=O)c1cnc(Nc2ccc(OC(F)(F)F)cc2)cc1NCc1cc(F)cc(F)c1. The monoisotopic (exact) mass is 438 g/mol. The summed E-state index contributed by atoms with van der Waals surface area (Å²) in [5.74, 6) is -2.42. The van der Waals surface area contributed by atoms with E-state index < -0.39 is 23.9 Å². The van der Waals surface area contributed by atoms with Crippen LogP contribution in [-0.2, 0) is 6.54 Å². The van der Waals surface area contributed by atoms with Crippen molar-refractivity contribution in [2.45, 2.75) is 12.9 Å². The number of carbonyl (C=O) groups excluding carboxylic acids is 1. The third-order valence-electron chi connectivity index (χ3n) is 3.94. The van der Waals surface area contributed by atoms with Crippen LogP contribution in [0.15, 0.2) is 54.7 Å². The quantitative estimate of drug-likeness (QED) is 0.465. The Bertz CT molecular complexity index is 1070. The average Bonchev–Trinajstić information content (AvgIpc) is 2.66. The molecule has 0 aliphatic heterocycles. The van der Waals surface area contributed by atoms with Crippen LogP contribution in [-0.4, -0.2) is 17.3 Å². The van der Waals surface area contributed by atoms with E-state index in [1.54, 1.807) is 0 Å². The molecule has 0 radical (unpaired) electrons. The van der Waals surface area contributed by atoms with Gasteiger partial charge in [-0.25, -0.2) is 13.8 Å². The molecule has 4 N–H and O–H groups in total. The minimum atomic E-state index is -4.80. The molecule has 0 aliphatic rings.